The van der Waals surface area contributed by atoms with E-state index in [1.54, 1.807) is 12.1 Å². The van der Waals surface area contributed by atoms with Crippen molar-refractivity contribution < 1.29 is 4.39 Å². The minimum atomic E-state index is -0.208. The molecule has 1 unspecified atom stereocenters. The summed E-state index contributed by atoms with van der Waals surface area (Å²) in [6.07, 6.45) is 5.02. The minimum Gasteiger partial charge on any atom is -0.323 e. The fourth-order valence-corrected chi connectivity index (χ4v) is 3.13. The van der Waals surface area contributed by atoms with Gasteiger partial charge in [0, 0.05) is 18.6 Å². The third-order valence-corrected chi connectivity index (χ3v) is 4.69. The Morgan fingerprint density at radius 1 is 1.35 bits per heavy atom. The van der Waals surface area contributed by atoms with Crippen LogP contribution in [0.4, 0.5) is 4.39 Å². The molecule has 0 aromatic heterocycles. The molecule has 0 bridgehead atoms. The van der Waals surface area contributed by atoms with Gasteiger partial charge in [0.1, 0.15) is 5.82 Å². The Balaban J connectivity index is 1.90. The summed E-state index contributed by atoms with van der Waals surface area (Å²) in [6, 6.07) is 7.14. The fourth-order valence-electron chi connectivity index (χ4n) is 3.13. The number of hydrogen-bond donors (Lipinski definition) is 1. The molecule has 0 spiro atoms. The van der Waals surface area contributed by atoms with Crippen LogP contribution in [0.5, 0.6) is 0 Å². The maximum atomic E-state index is 13.2. The molecule has 3 heteroatoms. The van der Waals surface area contributed by atoms with Gasteiger partial charge in [-0.15, -0.1) is 0 Å². The molecule has 1 atom stereocenters. The lowest BCUT2D eigenvalue weighted by Crippen LogP contribution is -2.40. The molecule has 1 aromatic rings. The van der Waals surface area contributed by atoms with E-state index in [1.165, 1.54) is 31.7 Å². The van der Waals surface area contributed by atoms with Gasteiger partial charge in [-0.25, -0.2) is 4.39 Å². The van der Waals surface area contributed by atoms with Crippen LogP contribution in [0, 0.1) is 11.2 Å². The summed E-state index contributed by atoms with van der Waals surface area (Å²) in [5, 5.41) is 0. The zero-order valence-electron chi connectivity index (χ0n) is 12.9. The third kappa shape index (κ3) is 4.03. The first kappa shape index (κ1) is 15.5. The number of hydrogen-bond acceptors (Lipinski definition) is 2. The van der Waals surface area contributed by atoms with Crippen LogP contribution in [0.15, 0.2) is 24.3 Å². The molecule has 0 amide bonds. The van der Waals surface area contributed by atoms with Gasteiger partial charge in [-0.1, -0.05) is 26.0 Å². The molecule has 0 aliphatic heterocycles. The van der Waals surface area contributed by atoms with Crippen LogP contribution in [-0.2, 0) is 0 Å². The highest BCUT2D eigenvalue weighted by Crippen LogP contribution is 2.36. The zero-order valence-corrected chi connectivity index (χ0v) is 12.9. The van der Waals surface area contributed by atoms with Gasteiger partial charge in [-0.2, -0.15) is 0 Å². The molecule has 1 aliphatic rings. The SMILES string of the molecule is CN(CC(N)c1cccc(F)c1)C1CCC(C)(C)CC1. The normalized spacial score (nSPS) is 21.1. The largest absolute Gasteiger partial charge is 0.323 e. The number of rotatable bonds is 4. The lowest BCUT2D eigenvalue weighted by Gasteiger charge is -2.39. The molecule has 0 radical (unpaired) electrons. The minimum absolute atomic E-state index is 0.120. The van der Waals surface area contributed by atoms with Gasteiger partial charge in [0.25, 0.3) is 0 Å². The van der Waals surface area contributed by atoms with E-state index < -0.39 is 0 Å². The first-order valence-electron chi connectivity index (χ1n) is 7.59. The van der Waals surface area contributed by atoms with Gasteiger partial charge in [-0.3, -0.25) is 0 Å². The average Bonchev–Trinajstić information content (AvgIpc) is 2.38. The number of likely N-dealkylation sites (N-methyl/N-ethyl adjacent to an activating group) is 1. The summed E-state index contributed by atoms with van der Waals surface area (Å²) in [5.74, 6) is -0.208. The number of benzene rings is 1. The van der Waals surface area contributed by atoms with Crippen molar-refractivity contribution in [1.29, 1.82) is 0 Å². The highest BCUT2D eigenvalue weighted by atomic mass is 19.1. The summed E-state index contributed by atoms with van der Waals surface area (Å²) in [5.41, 5.74) is 7.59. The van der Waals surface area contributed by atoms with Crippen LogP contribution < -0.4 is 5.73 Å². The van der Waals surface area contributed by atoms with E-state index in [-0.39, 0.29) is 11.9 Å². The van der Waals surface area contributed by atoms with E-state index in [9.17, 15) is 4.39 Å². The molecule has 1 saturated carbocycles. The van der Waals surface area contributed by atoms with Crippen LogP contribution in [0.3, 0.4) is 0 Å². The van der Waals surface area contributed by atoms with Crippen LogP contribution in [0.25, 0.3) is 0 Å². The van der Waals surface area contributed by atoms with Crippen molar-refractivity contribution >= 4 is 0 Å². The van der Waals surface area contributed by atoms with Crippen LogP contribution in [0.2, 0.25) is 0 Å². The van der Waals surface area contributed by atoms with Gasteiger partial charge in [-0.05, 0) is 55.8 Å². The fraction of sp³-hybridized carbons (Fsp3) is 0.647. The molecule has 0 saturated heterocycles. The Bertz CT molecular complexity index is 434. The quantitative estimate of drug-likeness (QED) is 0.909. The number of nitrogens with zero attached hydrogens (tertiary/aromatic N) is 1. The van der Waals surface area contributed by atoms with E-state index in [0.717, 1.165) is 12.1 Å². The van der Waals surface area contributed by atoms with Gasteiger partial charge < -0.3 is 10.6 Å². The molecule has 112 valence electrons. The van der Waals surface area contributed by atoms with Crippen molar-refractivity contribution in [3.63, 3.8) is 0 Å². The molecule has 20 heavy (non-hydrogen) atoms. The van der Waals surface area contributed by atoms with Gasteiger partial charge >= 0.3 is 0 Å². The van der Waals surface area contributed by atoms with Crippen molar-refractivity contribution in [3.8, 4) is 0 Å². The van der Waals surface area contributed by atoms with Crippen molar-refractivity contribution in [2.75, 3.05) is 13.6 Å². The predicted octanol–water partition coefficient (Wildman–Crippen LogP) is 3.73. The van der Waals surface area contributed by atoms with E-state index in [1.807, 2.05) is 6.07 Å². The summed E-state index contributed by atoms with van der Waals surface area (Å²) in [7, 11) is 2.14. The molecule has 2 rings (SSSR count). The zero-order chi connectivity index (χ0) is 14.8. The average molecular weight is 278 g/mol. The molecule has 0 heterocycles. The lowest BCUT2D eigenvalue weighted by atomic mass is 9.75. The van der Waals surface area contributed by atoms with E-state index in [2.05, 4.69) is 25.8 Å². The topological polar surface area (TPSA) is 29.3 Å². The summed E-state index contributed by atoms with van der Waals surface area (Å²) in [6.45, 7) is 5.48. The molecule has 1 aliphatic carbocycles. The molecule has 2 N–H and O–H groups in total. The Morgan fingerprint density at radius 2 is 2.00 bits per heavy atom. The van der Waals surface area contributed by atoms with E-state index >= 15 is 0 Å². The second kappa shape index (κ2) is 6.23. The summed E-state index contributed by atoms with van der Waals surface area (Å²) < 4.78 is 13.2. The van der Waals surface area contributed by atoms with Crippen LogP contribution >= 0.6 is 0 Å². The van der Waals surface area contributed by atoms with Gasteiger partial charge in [0.2, 0.25) is 0 Å². The molecular formula is C17H27FN2. The van der Waals surface area contributed by atoms with Crippen molar-refractivity contribution in [3.05, 3.63) is 35.6 Å². The van der Waals surface area contributed by atoms with Crippen molar-refractivity contribution in [1.82, 2.24) is 4.90 Å². The van der Waals surface area contributed by atoms with Gasteiger partial charge in [0.15, 0.2) is 0 Å². The molecule has 1 fully saturated rings. The monoisotopic (exact) mass is 278 g/mol. The molecular weight excluding hydrogens is 251 g/mol. The highest BCUT2D eigenvalue weighted by Gasteiger charge is 2.29. The van der Waals surface area contributed by atoms with Gasteiger partial charge in [0.05, 0.1) is 0 Å². The van der Waals surface area contributed by atoms with Crippen LogP contribution in [0.1, 0.15) is 51.1 Å². The Kier molecular flexibility index (Phi) is 4.82. The van der Waals surface area contributed by atoms with E-state index in [0.29, 0.717) is 11.5 Å². The Morgan fingerprint density at radius 3 is 2.60 bits per heavy atom. The number of halogens is 1. The second-order valence-electron chi connectivity index (χ2n) is 7.00. The maximum Gasteiger partial charge on any atom is 0.123 e. The van der Waals surface area contributed by atoms with Crippen molar-refractivity contribution in [2.24, 2.45) is 11.1 Å². The lowest BCUT2D eigenvalue weighted by molar-refractivity contribution is 0.123. The van der Waals surface area contributed by atoms with E-state index in [4.69, 9.17) is 5.73 Å². The second-order valence-corrected chi connectivity index (χ2v) is 7.00. The number of nitrogens with two attached hydrogens (primary N) is 1. The highest BCUT2D eigenvalue weighted by molar-refractivity contribution is 5.20. The van der Waals surface area contributed by atoms with Crippen molar-refractivity contribution in [2.45, 2.75) is 51.6 Å². The Labute approximate surface area is 122 Å². The first-order chi connectivity index (χ1) is 9.37. The smallest absolute Gasteiger partial charge is 0.123 e. The summed E-state index contributed by atoms with van der Waals surface area (Å²) >= 11 is 0. The third-order valence-electron chi connectivity index (χ3n) is 4.69. The van der Waals surface area contributed by atoms with Crippen LogP contribution in [-0.4, -0.2) is 24.5 Å². The standard InChI is InChI=1S/C17H27FN2/c1-17(2)9-7-15(8-10-17)20(3)12-16(19)13-5-4-6-14(18)11-13/h4-6,11,15-16H,7-10,12,19H2,1-3H3. The predicted molar refractivity (Wildman–Crippen MR) is 82.0 cm³/mol. The Hall–Kier alpha value is -0.930. The first-order valence-corrected chi connectivity index (χ1v) is 7.59. The molecule has 2 nitrogen and oxygen atoms in total. The summed E-state index contributed by atoms with van der Waals surface area (Å²) in [4.78, 5) is 2.35. The maximum absolute atomic E-state index is 13.2. The molecule has 1 aromatic carbocycles.